The number of nitrogen functional groups attached to an aromatic ring is 1. The maximum Gasteiger partial charge on any atom is 0.173 e. The smallest absolute Gasteiger partial charge is 0.173 e. The minimum absolute atomic E-state index is 0.321. The van der Waals surface area contributed by atoms with Crippen molar-refractivity contribution in [3.63, 3.8) is 0 Å². The first-order valence-electron chi connectivity index (χ1n) is 3.57. The first-order chi connectivity index (χ1) is 5.68. The number of nitrogens with two attached hydrogens (primary N) is 1. The van der Waals surface area contributed by atoms with E-state index in [0.29, 0.717) is 11.3 Å². The van der Waals surface area contributed by atoms with E-state index in [4.69, 9.17) is 5.73 Å². The van der Waals surface area contributed by atoms with Gasteiger partial charge in [0.25, 0.3) is 0 Å². The molecule has 0 radical (unpaired) electrons. The third kappa shape index (κ3) is 0.845. The fourth-order valence-corrected chi connectivity index (χ4v) is 1.18. The summed E-state index contributed by atoms with van der Waals surface area (Å²) in [5, 5.41) is 0. The molecule has 2 aromatic heterocycles. The van der Waals surface area contributed by atoms with Gasteiger partial charge in [-0.05, 0) is 6.92 Å². The second-order valence-electron chi connectivity index (χ2n) is 2.71. The molecule has 0 aliphatic carbocycles. The van der Waals surface area contributed by atoms with Gasteiger partial charge in [0.1, 0.15) is 0 Å². The summed E-state index contributed by atoms with van der Waals surface area (Å²) in [7, 11) is 0. The van der Waals surface area contributed by atoms with Crippen molar-refractivity contribution >= 4 is 11.3 Å². The average Bonchev–Trinajstić information content (AvgIpc) is 2.33. The number of rotatable bonds is 0. The Kier molecular flexibility index (Phi) is 1.30. The number of imidazole rings is 1. The third-order valence-corrected chi connectivity index (χ3v) is 1.77. The van der Waals surface area contributed by atoms with E-state index in [0.717, 1.165) is 5.69 Å². The van der Waals surface area contributed by atoms with E-state index in [-0.39, 0.29) is 5.82 Å². The summed E-state index contributed by atoms with van der Waals surface area (Å²) in [6.45, 7) is 1.85. The van der Waals surface area contributed by atoms with Crippen molar-refractivity contribution < 1.29 is 4.39 Å². The van der Waals surface area contributed by atoms with Crippen molar-refractivity contribution in [2.24, 2.45) is 0 Å². The summed E-state index contributed by atoms with van der Waals surface area (Å²) in [5.41, 5.74) is 7.06. The predicted molar refractivity (Wildman–Crippen MR) is 44.3 cm³/mol. The van der Waals surface area contributed by atoms with E-state index in [1.807, 2.05) is 6.92 Å². The Morgan fingerprint density at radius 2 is 2.33 bits per heavy atom. The molecule has 0 spiro atoms. The maximum absolute atomic E-state index is 13.1. The Morgan fingerprint density at radius 1 is 1.58 bits per heavy atom. The second kappa shape index (κ2) is 2.20. The van der Waals surface area contributed by atoms with Gasteiger partial charge in [-0.3, -0.25) is 4.40 Å². The Morgan fingerprint density at radius 3 is 3.08 bits per heavy atom. The zero-order chi connectivity index (χ0) is 8.72. The quantitative estimate of drug-likeness (QED) is 0.640. The number of halogens is 1. The SMILES string of the molecule is Cc1cnc2c(F)cc(N)cn12. The minimum Gasteiger partial charge on any atom is -0.397 e. The predicted octanol–water partition coefficient (Wildman–Crippen LogP) is 1.36. The highest BCUT2D eigenvalue weighted by Crippen LogP contribution is 2.13. The Hall–Kier alpha value is -1.58. The highest BCUT2D eigenvalue weighted by molar-refractivity contribution is 5.49. The molecule has 62 valence electrons. The van der Waals surface area contributed by atoms with Crippen LogP contribution < -0.4 is 5.73 Å². The molecule has 0 amide bonds. The largest absolute Gasteiger partial charge is 0.397 e. The van der Waals surface area contributed by atoms with E-state index in [1.165, 1.54) is 6.07 Å². The molecular formula is C8H8FN3. The minimum atomic E-state index is -0.386. The van der Waals surface area contributed by atoms with Gasteiger partial charge in [-0.2, -0.15) is 0 Å². The highest BCUT2D eigenvalue weighted by atomic mass is 19.1. The summed E-state index contributed by atoms with van der Waals surface area (Å²) < 4.78 is 14.7. The van der Waals surface area contributed by atoms with Crippen LogP contribution >= 0.6 is 0 Å². The van der Waals surface area contributed by atoms with E-state index in [9.17, 15) is 4.39 Å². The molecule has 2 rings (SSSR count). The van der Waals surface area contributed by atoms with Crippen molar-refractivity contribution in [1.29, 1.82) is 0 Å². The number of hydrogen-bond donors (Lipinski definition) is 1. The lowest BCUT2D eigenvalue weighted by Crippen LogP contribution is -1.95. The van der Waals surface area contributed by atoms with Crippen LogP contribution in [0.15, 0.2) is 18.5 Å². The van der Waals surface area contributed by atoms with Gasteiger partial charge in [0.15, 0.2) is 11.5 Å². The molecule has 0 saturated carbocycles. The fourth-order valence-electron chi connectivity index (χ4n) is 1.18. The van der Waals surface area contributed by atoms with Crippen LogP contribution in [-0.2, 0) is 0 Å². The fraction of sp³-hybridized carbons (Fsp3) is 0.125. The van der Waals surface area contributed by atoms with Crippen LogP contribution in [-0.4, -0.2) is 9.38 Å². The molecule has 2 heterocycles. The van der Waals surface area contributed by atoms with Crippen LogP contribution in [0.4, 0.5) is 10.1 Å². The van der Waals surface area contributed by atoms with Crippen LogP contribution in [0.1, 0.15) is 5.69 Å². The van der Waals surface area contributed by atoms with E-state index < -0.39 is 0 Å². The molecule has 3 nitrogen and oxygen atoms in total. The van der Waals surface area contributed by atoms with Crippen molar-refractivity contribution in [3.8, 4) is 0 Å². The second-order valence-corrected chi connectivity index (χ2v) is 2.71. The number of anilines is 1. The van der Waals surface area contributed by atoms with Crippen molar-refractivity contribution in [2.45, 2.75) is 6.92 Å². The van der Waals surface area contributed by atoms with Gasteiger partial charge >= 0.3 is 0 Å². The Bertz CT molecular complexity index is 433. The van der Waals surface area contributed by atoms with Gasteiger partial charge in [0.2, 0.25) is 0 Å². The number of fused-ring (bicyclic) bond motifs is 1. The topological polar surface area (TPSA) is 43.3 Å². The van der Waals surface area contributed by atoms with Crippen LogP contribution in [0.25, 0.3) is 5.65 Å². The zero-order valence-corrected chi connectivity index (χ0v) is 6.58. The van der Waals surface area contributed by atoms with Crippen molar-refractivity contribution in [1.82, 2.24) is 9.38 Å². The molecule has 2 aromatic rings. The molecular weight excluding hydrogens is 157 g/mol. The summed E-state index contributed by atoms with van der Waals surface area (Å²) in [5.74, 6) is -0.386. The van der Waals surface area contributed by atoms with Crippen LogP contribution in [0.2, 0.25) is 0 Å². The van der Waals surface area contributed by atoms with Crippen LogP contribution in [0.3, 0.4) is 0 Å². The molecule has 0 aliphatic rings. The van der Waals surface area contributed by atoms with Crippen molar-refractivity contribution in [2.75, 3.05) is 5.73 Å². The number of aromatic nitrogens is 2. The lowest BCUT2D eigenvalue weighted by atomic mass is 10.4. The Balaban J connectivity index is 2.92. The van der Waals surface area contributed by atoms with Gasteiger partial charge in [-0.15, -0.1) is 0 Å². The van der Waals surface area contributed by atoms with Crippen molar-refractivity contribution in [3.05, 3.63) is 30.0 Å². The van der Waals surface area contributed by atoms with Gasteiger partial charge in [-0.25, -0.2) is 9.37 Å². The summed E-state index contributed by atoms with van der Waals surface area (Å²) in [6.07, 6.45) is 3.26. The van der Waals surface area contributed by atoms with Gasteiger partial charge in [0.05, 0.1) is 5.69 Å². The zero-order valence-electron chi connectivity index (χ0n) is 6.58. The standard InChI is InChI=1S/C8H8FN3/c1-5-3-11-8-7(9)2-6(10)4-12(5)8/h2-4H,10H2,1H3. The van der Waals surface area contributed by atoms with E-state index in [1.54, 1.807) is 16.8 Å². The lowest BCUT2D eigenvalue weighted by molar-refractivity contribution is 0.630. The molecule has 12 heavy (non-hydrogen) atoms. The molecule has 0 unspecified atom stereocenters. The lowest BCUT2D eigenvalue weighted by Gasteiger charge is -1.98. The summed E-state index contributed by atoms with van der Waals surface area (Å²) in [6, 6.07) is 1.27. The molecule has 0 fully saturated rings. The normalized spacial score (nSPS) is 10.8. The summed E-state index contributed by atoms with van der Waals surface area (Å²) in [4.78, 5) is 3.89. The molecule has 0 saturated heterocycles. The monoisotopic (exact) mass is 165 g/mol. The van der Waals surface area contributed by atoms with E-state index >= 15 is 0 Å². The first-order valence-corrected chi connectivity index (χ1v) is 3.57. The molecule has 4 heteroatoms. The molecule has 0 aliphatic heterocycles. The maximum atomic E-state index is 13.1. The van der Waals surface area contributed by atoms with Gasteiger partial charge in [-0.1, -0.05) is 0 Å². The van der Waals surface area contributed by atoms with E-state index in [2.05, 4.69) is 4.98 Å². The molecule has 0 bridgehead atoms. The summed E-state index contributed by atoms with van der Waals surface area (Å²) >= 11 is 0. The Labute approximate surface area is 68.6 Å². The average molecular weight is 165 g/mol. The number of pyridine rings is 1. The number of nitrogens with zero attached hydrogens (tertiary/aromatic N) is 2. The van der Waals surface area contributed by atoms with Crippen LogP contribution in [0.5, 0.6) is 0 Å². The molecule has 2 N–H and O–H groups in total. The number of hydrogen-bond acceptors (Lipinski definition) is 2. The number of aryl methyl sites for hydroxylation is 1. The highest BCUT2D eigenvalue weighted by Gasteiger charge is 2.04. The first kappa shape index (κ1) is 7.09. The van der Waals surface area contributed by atoms with Gasteiger partial charge in [0, 0.05) is 24.2 Å². The van der Waals surface area contributed by atoms with Gasteiger partial charge < -0.3 is 5.73 Å². The third-order valence-electron chi connectivity index (χ3n) is 1.77. The molecule has 0 atom stereocenters. The van der Waals surface area contributed by atoms with Crippen LogP contribution in [0, 0.1) is 12.7 Å². The molecule has 0 aromatic carbocycles.